The highest BCUT2D eigenvalue weighted by atomic mass is 16.5. The number of nitrogens with two attached hydrogens (primary N) is 1. The lowest BCUT2D eigenvalue weighted by atomic mass is 10.1. The van der Waals surface area contributed by atoms with Gasteiger partial charge < -0.3 is 15.6 Å². The number of hydrogen-bond acceptors (Lipinski definition) is 4. The fourth-order valence-corrected chi connectivity index (χ4v) is 1.47. The molecule has 2 rings (SSSR count). The number of aliphatic hydroxyl groups is 1. The van der Waals surface area contributed by atoms with Crippen LogP contribution in [0.3, 0.4) is 0 Å². The molecule has 1 aromatic heterocycles. The number of rotatable bonds is 3. The van der Waals surface area contributed by atoms with Crippen molar-refractivity contribution in [2.45, 2.75) is 0 Å². The van der Waals surface area contributed by atoms with E-state index < -0.39 is 0 Å². The number of pyridine rings is 1. The van der Waals surface area contributed by atoms with E-state index in [1.54, 1.807) is 24.5 Å². The monoisotopic (exact) mass is 204 g/mol. The Bertz CT molecular complexity index is 471. The second kappa shape index (κ2) is 4.14. The molecule has 78 valence electrons. The molecule has 0 aliphatic heterocycles. The fraction of sp³-hybridized carbons (Fsp3) is 0.182. The van der Waals surface area contributed by atoms with Crippen LogP contribution in [0.15, 0.2) is 30.6 Å². The third-order valence-corrected chi connectivity index (χ3v) is 2.16. The number of ether oxygens (including phenoxy) is 1. The summed E-state index contributed by atoms with van der Waals surface area (Å²) in [5, 5.41) is 10.5. The van der Waals surface area contributed by atoms with Crippen LogP contribution in [0.25, 0.3) is 10.8 Å². The zero-order chi connectivity index (χ0) is 10.7. The van der Waals surface area contributed by atoms with E-state index in [0.717, 1.165) is 10.8 Å². The van der Waals surface area contributed by atoms with Gasteiger partial charge in [-0.25, -0.2) is 0 Å². The van der Waals surface area contributed by atoms with Gasteiger partial charge in [-0.2, -0.15) is 0 Å². The predicted octanol–water partition coefficient (Wildman–Crippen LogP) is 1.19. The van der Waals surface area contributed by atoms with Gasteiger partial charge in [0.25, 0.3) is 0 Å². The quantitative estimate of drug-likeness (QED) is 0.737. The van der Waals surface area contributed by atoms with E-state index in [9.17, 15) is 0 Å². The van der Waals surface area contributed by atoms with E-state index in [2.05, 4.69) is 4.98 Å². The standard InChI is InChI=1S/C11H12N2O2/c12-10-1-2-11(15-6-5-14)9-7-13-4-3-8(9)10/h1-4,7,14H,5-6,12H2. The molecule has 0 spiro atoms. The smallest absolute Gasteiger partial charge is 0.128 e. The van der Waals surface area contributed by atoms with Gasteiger partial charge in [-0.1, -0.05) is 0 Å². The molecule has 0 fully saturated rings. The van der Waals surface area contributed by atoms with Crippen LogP contribution in [-0.2, 0) is 0 Å². The first-order chi connectivity index (χ1) is 7.33. The van der Waals surface area contributed by atoms with Gasteiger partial charge in [0.05, 0.1) is 6.61 Å². The van der Waals surface area contributed by atoms with Gasteiger partial charge in [0.15, 0.2) is 0 Å². The third kappa shape index (κ3) is 1.85. The minimum Gasteiger partial charge on any atom is -0.490 e. The van der Waals surface area contributed by atoms with Crippen molar-refractivity contribution in [2.75, 3.05) is 18.9 Å². The largest absolute Gasteiger partial charge is 0.490 e. The molecule has 15 heavy (non-hydrogen) atoms. The highest BCUT2D eigenvalue weighted by molar-refractivity contribution is 5.96. The van der Waals surface area contributed by atoms with E-state index in [0.29, 0.717) is 11.4 Å². The molecular formula is C11H12N2O2. The predicted molar refractivity (Wildman–Crippen MR) is 58.7 cm³/mol. The van der Waals surface area contributed by atoms with Crippen molar-refractivity contribution in [3.63, 3.8) is 0 Å². The van der Waals surface area contributed by atoms with Crippen molar-refractivity contribution >= 4 is 16.5 Å². The van der Waals surface area contributed by atoms with Crippen LogP contribution in [0.2, 0.25) is 0 Å². The number of aromatic nitrogens is 1. The Kier molecular flexibility index (Phi) is 2.69. The number of nitrogen functional groups attached to an aromatic ring is 1. The number of fused-ring (bicyclic) bond motifs is 1. The van der Waals surface area contributed by atoms with Crippen molar-refractivity contribution in [1.29, 1.82) is 0 Å². The van der Waals surface area contributed by atoms with Gasteiger partial charge >= 0.3 is 0 Å². The van der Waals surface area contributed by atoms with Gasteiger partial charge in [-0.15, -0.1) is 0 Å². The van der Waals surface area contributed by atoms with Crippen LogP contribution in [0.1, 0.15) is 0 Å². The lowest BCUT2D eigenvalue weighted by molar-refractivity contribution is 0.203. The molecule has 1 aromatic carbocycles. The zero-order valence-electron chi connectivity index (χ0n) is 8.18. The van der Waals surface area contributed by atoms with Crippen molar-refractivity contribution in [3.8, 4) is 5.75 Å². The summed E-state index contributed by atoms with van der Waals surface area (Å²) in [6.45, 7) is 0.264. The van der Waals surface area contributed by atoms with Crippen molar-refractivity contribution < 1.29 is 9.84 Å². The highest BCUT2D eigenvalue weighted by Crippen LogP contribution is 2.28. The normalized spacial score (nSPS) is 10.5. The molecule has 4 nitrogen and oxygen atoms in total. The van der Waals surface area contributed by atoms with E-state index in [1.165, 1.54) is 0 Å². The molecular weight excluding hydrogens is 192 g/mol. The van der Waals surface area contributed by atoms with Gasteiger partial charge in [-0.05, 0) is 18.2 Å². The molecule has 0 atom stereocenters. The summed E-state index contributed by atoms with van der Waals surface area (Å²) in [7, 11) is 0. The average Bonchev–Trinajstić information content (AvgIpc) is 2.29. The second-order valence-electron chi connectivity index (χ2n) is 3.15. The second-order valence-corrected chi connectivity index (χ2v) is 3.15. The summed E-state index contributed by atoms with van der Waals surface area (Å²) in [6.07, 6.45) is 3.40. The minimum atomic E-state index is -0.00781. The molecule has 2 aromatic rings. The van der Waals surface area contributed by atoms with Crippen LogP contribution in [0, 0.1) is 0 Å². The molecule has 3 N–H and O–H groups in total. The van der Waals surface area contributed by atoms with Crippen LogP contribution in [0.4, 0.5) is 5.69 Å². The maximum atomic E-state index is 8.69. The SMILES string of the molecule is Nc1ccc(OCCO)c2cnccc12. The van der Waals surface area contributed by atoms with E-state index in [-0.39, 0.29) is 13.2 Å². The van der Waals surface area contributed by atoms with Crippen LogP contribution in [-0.4, -0.2) is 23.3 Å². The molecule has 0 bridgehead atoms. The Hall–Kier alpha value is -1.81. The fourth-order valence-electron chi connectivity index (χ4n) is 1.47. The molecule has 0 aliphatic rings. The maximum Gasteiger partial charge on any atom is 0.128 e. The molecule has 1 heterocycles. The van der Waals surface area contributed by atoms with Gasteiger partial charge in [-0.3, -0.25) is 4.98 Å². The molecule has 0 unspecified atom stereocenters. The lowest BCUT2D eigenvalue weighted by Gasteiger charge is -2.09. The first kappa shape index (κ1) is 9.73. The highest BCUT2D eigenvalue weighted by Gasteiger charge is 2.04. The Balaban J connectivity index is 2.51. The number of benzene rings is 1. The Labute approximate surface area is 87.3 Å². The summed E-state index contributed by atoms with van der Waals surface area (Å²) in [6, 6.07) is 5.42. The molecule has 0 aliphatic carbocycles. The van der Waals surface area contributed by atoms with Crippen molar-refractivity contribution in [2.24, 2.45) is 0 Å². The van der Waals surface area contributed by atoms with Crippen LogP contribution >= 0.6 is 0 Å². The Morgan fingerprint density at radius 2 is 2.13 bits per heavy atom. The summed E-state index contributed by atoms with van der Waals surface area (Å²) < 4.78 is 5.38. The topological polar surface area (TPSA) is 68.4 Å². The minimum absolute atomic E-state index is 0.00781. The van der Waals surface area contributed by atoms with Crippen LogP contribution in [0.5, 0.6) is 5.75 Å². The first-order valence-electron chi connectivity index (χ1n) is 4.69. The number of anilines is 1. The zero-order valence-corrected chi connectivity index (χ0v) is 8.18. The van der Waals surface area contributed by atoms with Crippen molar-refractivity contribution in [1.82, 2.24) is 4.98 Å². The molecule has 0 saturated heterocycles. The molecule has 0 amide bonds. The Morgan fingerprint density at radius 1 is 1.27 bits per heavy atom. The molecule has 0 radical (unpaired) electrons. The number of nitrogens with zero attached hydrogens (tertiary/aromatic N) is 1. The maximum absolute atomic E-state index is 8.69. The summed E-state index contributed by atoms with van der Waals surface area (Å²) >= 11 is 0. The van der Waals surface area contributed by atoms with Gasteiger partial charge in [0, 0.05) is 28.9 Å². The summed E-state index contributed by atoms with van der Waals surface area (Å²) in [5.74, 6) is 0.696. The van der Waals surface area contributed by atoms with Crippen LogP contribution < -0.4 is 10.5 Å². The molecule has 0 saturated carbocycles. The average molecular weight is 204 g/mol. The van der Waals surface area contributed by atoms with E-state index in [1.807, 2.05) is 6.07 Å². The van der Waals surface area contributed by atoms with E-state index >= 15 is 0 Å². The number of aliphatic hydroxyl groups excluding tert-OH is 1. The van der Waals surface area contributed by atoms with E-state index in [4.69, 9.17) is 15.6 Å². The first-order valence-corrected chi connectivity index (χ1v) is 4.69. The summed E-state index contributed by atoms with van der Waals surface area (Å²) in [4.78, 5) is 4.02. The lowest BCUT2D eigenvalue weighted by Crippen LogP contribution is -2.02. The van der Waals surface area contributed by atoms with Gasteiger partial charge in [0.2, 0.25) is 0 Å². The Morgan fingerprint density at radius 3 is 2.93 bits per heavy atom. The number of hydrogen-bond donors (Lipinski definition) is 2. The summed E-state index contributed by atoms with van der Waals surface area (Å²) in [5.41, 5.74) is 6.52. The van der Waals surface area contributed by atoms with Gasteiger partial charge in [0.1, 0.15) is 12.4 Å². The third-order valence-electron chi connectivity index (χ3n) is 2.16. The molecule has 4 heteroatoms. The van der Waals surface area contributed by atoms with Crippen molar-refractivity contribution in [3.05, 3.63) is 30.6 Å².